The van der Waals surface area contributed by atoms with E-state index in [1.165, 1.54) is 4.90 Å². The molecule has 1 saturated heterocycles. The number of carboxylic acids is 1. The number of nitrogens with zero attached hydrogens (tertiary/aromatic N) is 3. The van der Waals surface area contributed by atoms with Crippen molar-refractivity contribution in [3.05, 3.63) is 46.7 Å². The zero-order chi connectivity index (χ0) is 18.2. The van der Waals surface area contributed by atoms with E-state index < -0.39 is 11.6 Å². The number of carbonyl (C=O) groups is 2. The SMILES string of the molecule is Cc1cc(C(=O)N2CCC(O)(C(=O)O)CC2)nn1-c1cccc(Cl)c1. The highest BCUT2D eigenvalue weighted by molar-refractivity contribution is 6.30. The summed E-state index contributed by atoms with van der Waals surface area (Å²) >= 11 is 6.00. The molecule has 3 rings (SSSR count). The van der Waals surface area contributed by atoms with Crippen molar-refractivity contribution < 1.29 is 19.8 Å². The van der Waals surface area contributed by atoms with Crippen molar-refractivity contribution in [1.29, 1.82) is 0 Å². The lowest BCUT2D eigenvalue weighted by Gasteiger charge is -2.34. The van der Waals surface area contributed by atoms with E-state index in [2.05, 4.69) is 5.10 Å². The molecule has 1 aliphatic rings. The molecule has 2 aromatic rings. The number of hydrogen-bond acceptors (Lipinski definition) is 4. The molecule has 0 saturated carbocycles. The average Bonchev–Trinajstić information content (AvgIpc) is 2.96. The van der Waals surface area contributed by atoms with Crippen LogP contribution in [0, 0.1) is 6.92 Å². The van der Waals surface area contributed by atoms with Crippen LogP contribution in [0.4, 0.5) is 0 Å². The van der Waals surface area contributed by atoms with Crippen molar-refractivity contribution in [2.45, 2.75) is 25.4 Å². The first-order valence-electron chi connectivity index (χ1n) is 7.88. The Morgan fingerprint density at radius 2 is 1.92 bits per heavy atom. The summed E-state index contributed by atoms with van der Waals surface area (Å²) < 4.78 is 1.64. The lowest BCUT2D eigenvalue weighted by atomic mass is 9.91. The second kappa shape index (κ2) is 6.50. The number of hydrogen-bond donors (Lipinski definition) is 2. The lowest BCUT2D eigenvalue weighted by Crippen LogP contribution is -2.50. The lowest BCUT2D eigenvalue weighted by molar-refractivity contribution is -0.162. The number of rotatable bonds is 3. The van der Waals surface area contributed by atoms with E-state index in [1.54, 1.807) is 28.9 Å². The van der Waals surface area contributed by atoms with Gasteiger partial charge in [0, 0.05) is 36.6 Å². The Kier molecular flexibility index (Phi) is 4.53. The predicted octanol–water partition coefficient (Wildman–Crippen LogP) is 1.89. The van der Waals surface area contributed by atoms with Gasteiger partial charge >= 0.3 is 5.97 Å². The summed E-state index contributed by atoms with van der Waals surface area (Å²) in [6.07, 6.45) is 0.00408. The number of carboxylic acid groups (broad SMARTS) is 1. The van der Waals surface area contributed by atoms with Crippen LogP contribution in [-0.2, 0) is 4.79 Å². The Labute approximate surface area is 149 Å². The van der Waals surface area contributed by atoms with Crippen molar-refractivity contribution in [3.8, 4) is 5.69 Å². The minimum absolute atomic E-state index is 0.00204. The fourth-order valence-electron chi connectivity index (χ4n) is 2.90. The molecule has 25 heavy (non-hydrogen) atoms. The van der Waals surface area contributed by atoms with E-state index >= 15 is 0 Å². The van der Waals surface area contributed by atoms with E-state index in [-0.39, 0.29) is 37.5 Å². The Bertz CT molecular complexity index is 825. The van der Waals surface area contributed by atoms with Gasteiger partial charge in [0.15, 0.2) is 11.3 Å². The normalized spacial score (nSPS) is 16.7. The molecule has 1 fully saturated rings. The summed E-state index contributed by atoms with van der Waals surface area (Å²) in [6.45, 7) is 2.18. The molecule has 0 aliphatic carbocycles. The number of carbonyl (C=O) groups excluding carboxylic acids is 1. The van der Waals surface area contributed by atoms with Crippen LogP contribution in [0.3, 0.4) is 0 Å². The van der Waals surface area contributed by atoms with Crippen molar-refractivity contribution in [2.75, 3.05) is 13.1 Å². The molecule has 1 aromatic carbocycles. The van der Waals surface area contributed by atoms with Crippen molar-refractivity contribution >= 4 is 23.5 Å². The molecule has 1 aromatic heterocycles. The second-order valence-corrected chi connectivity index (χ2v) is 6.63. The zero-order valence-electron chi connectivity index (χ0n) is 13.6. The Morgan fingerprint density at radius 1 is 1.24 bits per heavy atom. The number of aromatic nitrogens is 2. The van der Waals surface area contributed by atoms with Gasteiger partial charge in [0.25, 0.3) is 5.91 Å². The monoisotopic (exact) mass is 363 g/mol. The third kappa shape index (κ3) is 3.38. The molecular weight excluding hydrogens is 346 g/mol. The third-order valence-electron chi connectivity index (χ3n) is 4.44. The topological polar surface area (TPSA) is 95.7 Å². The second-order valence-electron chi connectivity index (χ2n) is 6.19. The summed E-state index contributed by atoms with van der Waals surface area (Å²) in [5.41, 5.74) is 0.0539. The molecule has 0 radical (unpaired) electrons. The van der Waals surface area contributed by atoms with Gasteiger partial charge in [-0.2, -0.15) is 5.10 Å². The molecule has 1 aliphatic heterocycles. The summed E-state index contributed by atoms with van der Waals surface area (Å²) in [4.78, 5) is 25.2. The molecular formula is C17H18ClN3O4. The van der Waals surface area contributed by atoms with Crippen molar-refractivity contribution in [2.24, 2.45) is 0 Å². The average molecular weight is 364 g/mol. The van der Waals surface area contributed by atoms with E-state index in [4.69, 9.17) is 16.7 Å². The molecule has 0 unspecified atom stereocenters. The maximum atomic E-state index is 12.6. The molecule has 7 nitrogen and oxygen atoms in total. The standard InChI is InChI=1S/C17H18ClN3O4/c1-11-9-14(19-21(11)13-4-2-3-12(18)10-13)15(22)20-7-5-17(25,6-8-20)16(23)24/h2-4,9-10,25H,5-8H2,1H3,(H,23,24). The minimum Gasteiger partial charge on any atom is -0.479 e. The third-order valence-corrected chi connectivity index (χ3v) is 4.67. The van der Waals surface area contributed by atoms with E-state index in [1.807, 2.05) is 13.0 Å². The smallest absolute Gasteiger partial charge is 0.335 e. The molecule has 0 bridgehead atoms. The number of likely N-dealkylation sites (tertiary alicyclic amines) is 1. The first-order valence-corrected chi connectivity index (χ1v) is 8.26. The number of piperidine rings is 1. The molecule has 0 atom stereocenters. The van der Waals surface area contributed by atoms with Crippen LogP contribution in [0.15, 0.2) is 30.3 Å². The van der Waals surface area contributed by atoms with Gasteiger partial charge < -0.3 is 15.1 Å². The summed E-state index contributed by atoms with van der Waals surface area (Å²) in [5.74, 6) is -1.53. The molecule has 2 heterocycles. The van der Waals surface area contributed by atoms with Gasteiger partial charge in [-0.1, -0.05) is 17.7 Å². The maximum absolute atomic E-state index is 12.6. The fourth-order valence-corrected chi connectivity index (χ4v) is 3.09. The van der Waals surface area contributed by atoms with Crippen LogP contribution in [0.1, 0.15) is 29.0 Å². The van der Waals surface area contributed by atoms with E-state index in [0.717, 1.165) is 11.4 Å². The van der Waals surface area contributed by atoms with Gasteiger partial charge in [0.2, 0.25) is 0 Å². The fraction of sp³-hybridized carbons (Fsp3) is 0.353. The number of amides is 1. The Morgan fingerprint density at radius 3 is 2.52 bits per heavy atom. The Balaban J connectivity index is 1.78. The van der Waals surface area contributed by atoms with Gasteiger partial charge in [-0.25, -0.2) is 9.48 Å². The number of aryl methyl sites for hydroxylation is 1. The molecule has 0 spiro atoms. The minimum atomic E-state index is -1.76. The highest BCUT2D eigenvalue weighted by atomic mass is 35.5. The highest BCUT2D eigenvalue weighted by Crippen LogP contribution is 2.24. The molecule has 1 amide bonds. The zero-order valence-corrected chi connectivity index (χ0v) is 14.4. The van der Waals surface area contributed by atoms with Gasteiger partial charge in [-0.15, -0.1) is 0 Å². The van der Waals surface area contributed by atoms with Gasteiger partial charge in [-0.3, -0.25) is 4.79 Å². The Hall–Kier alpha value is -2.38. The summed E-state index contributed by atoms with van der Waals surface area (Å²) in [6, 6.07) is 8.84. The van der Waals surface area contributed by atoms with Crippen molar-refractivity contribution in [3.63, 3.8) is 0 Å². The molecule has 2 N–H and O–H groups in total. The predicted molar refractivity (Wildman–Crippen MR) is 91.0 cm³/mol. The highest BCUT2D eigenvalue weighted by Gasteiger charge is 2.40. The maximum Gasteiger partial charge on any atom is 0.335 e. The number of aliphatic carboxylic acids is 1. The first kappa shape index (κ1) is 17.4. The summed E-state index contributed by atoms with van der Waals surface area (Å²) in [5, 5.41) is 23.9. The van der Waals surface area contributed by atoms with Crippen LogP contribution >= 0.6 is 11.6 Å². The van der Waals surface area contributed by atoms with Crippen LogP contribution < -0.4 is 0 Å². The van der Waals surface area contributed by atoms with Gasteiger partial charge in [-0.05, 0) is 31.2 Å². The number of halogens is 1. The van der Waals surface area contributed by atoms with E-state index in [9.17, 15) is 14.7 Å². The number of aliphatic hydroxyl groups is 1. The van der Waals surface area contributed by atoms with Crippen LogP contribution in [0.25, 0.3) is 5.69 Å². The first-order chi connectivity index (χ1) is 11.8. The molecule has 132 valence electrons. The number of benzene rings is 1. The quantitative estimate of drug-likeness (QED) is 0.868. The van der Waals surface area contributed by atoms with E-state index in [0.29, 0.717) is 5.02 Å². The van der Waals surface area contributed by atoms with Gasteiger partial charge in [0.05, 0.1) is 5.69 Å². The van der Waals surface area contributed by atoms with Crippen LogP contribution in [0.2, 0.25) is 5.02 Å². The van der Waals surface area contributed by atoms with Crippen LogP contribution in [0.5, 0.6) is 0 Å². The van der Waals surface area contributed by atoms with Crippen molar-refractivity contribution in [1.82, 2.24) is 14.7 Å². The van der Waals surface area contributed by atoms with Crippen LogP contribution in [-0.4, -0.2) is 55.5 Å². The summed E-state index contributed by atoms with van der Waals surface area (Å²) in [7, 11) is 0. The largest absolute Gasteiger partial charge is 0.479 e. The molecule has 8 heteroatoms. The van der Waals surface area contributed by atoms with Gasteiger partial charge in [0.1, 0.15) is 0 Å².